The van der Waals surface area contributed by atoms with Crippen LogP contribution < -0.4 is 14.2 Å². The molecule has 0 unspecified atom stereocenters. The summed E-state index contributed by atoms with van der Waals surface area (Å²) in [6.45, 7) is 7.01. The number of benzene rings is 1. The second kappa shape index (κ2) is 13.0. The average Bonchev–Trinajstić information content (AvgIpc) is 3.67. The van der Waals surface area contributed by atoms with Gasteiger partial charge in [-0.1, -0.05) is 26.7 Å². The lowest BCUT2D eigenvalue weighted by atomic mass is 9.84. The number of carboxylic acids is 1. The number of carboxylic acid groups (broad SMARTS) is 1. The molecule has 1 saturated heterocycles. The van der Waals surface area contributed by atoms with Crippen molar-refractivity contribution in [2.45, 2.75) is 64.5 Å². The molecule has 0 saturated carbocycles. The molecule has 208 valence electrons. The van der Waals surface area contributed by atoms with Gasteiger partial charge < -0.3 is 24.2 Å². The molecule has 1 aromatic heterocycles. The number of carbonyl (C=O) groups excluding carboxylic acids is 1. The third kappa shape index (κ3) is 6.23. The molecule has 0 spiro atoms. The Hall–Kier alpha value is -3.27. The van der Waals surface area contributed by atoms with Crippen LogP contribution in [0, 0.1) is 5.92 Å². The molecule has 1 aromatic carbocycles. The van der Waals surface area contributed by atoms with Gasteiger partial charge in [-0.3, -0.25) is 19.2 Å². The number of nitrogens with zero attached hydrogens (tertiary/aromatic N) is 4. The molecule has 4 rings (SSSR count). The Labute approximate surface area is 224 Å². The number of fused-ring (bicyclic) bond motifs is 1. The number of amides is 1. The average molecular weight is 529 g/mol. The van der Waals surface area contributed by atoms with E-state index in [-0.39, 0.29) is 31.2 Å². The molecule has 10 nitrogen and oxygen atoms in total. The number of hydrogen-bond acceptors (Lipinski definition) is 7. The van der Waals surface area contributed by atoms with Gasteiger partial charge in [0.1, 0.15) is 0 Å². The van der Waals surface area contributed by atoms with Crippen LogP contribution in [0.25, 0.3) is 0 Å². The maximum atomic E-state index is 13.5. The van der Waals surface area contributed by atoms with E-state index in [9.17, 15) is 14.7 Å². The highest BCUT2D eigenvalue weighted by Gasteiger charge is 2.47. The predicted octanol–water partition coefficient (Wildman–Crippen LogP) is 3.61. The van der Waals surface area contributed by atoms with Crippen molar-refractivity contribution < 1.29 is 28.9 Å². The Kier molecular flexibility index (Phi) is 9.49. The Balaban J connectivity index is 1.62. The zero-order chi connectivity index (χ0) is 27.1. The molecule has 2 aliphatic rings. The number of methoxy groups -OCH3 is 1. The molecule has 3 heterocycles. The monoisotopic (exact) mass is 528 g/mol. The number of aryl methyl sites for hydroxylation is 1. The van der Waals surface area contributed by atoms with E-state index >= 15 is 0 Å². The summed E-state index contributed by atoms with van der Waals surface area (Å²) in [5.41, 5.74) is 0.811. The van der Waals surface area contributed by atoms with Crippen LogP contribution in [0.15, 0.2) is 30.6 Å². The number of hydrogen-bond donors (Lipinski definition) is 1. The van der Waals surface area contributed by atoms with Crippen molar-refractivity contribution in [1.82, 2.24) is 19.6 Å². The van der Waals surface area contributed by atoms with E-state index in [1.807, 2.05) is 34.0 Å². The van der Waals surface area contributed by atoms with Crippen LogP contribution >= 0.6 is 0 Å². The molecular weight excluding hydrogens is 488 g/mol. The van der Waals surface area contributed by atoms with Crippen molar-refractivity contribution in [3.8, 4) is 17.2 Å². The largest absolute Gasteiger partial charge is 0.493 e. The minimum Gasteiger partial charge on any atom is -0.493 e. The fourth-order valence-corrected chi connectivity index (χ4v) is 5.58. The quantitative estimate of drug-likeness (QED) is 0.396. The summed E-state index contributed by atoms with van der Waals surface area (Å²) < 4.78 is 18.5. The lowest BCUT2D eigenvalue weighted by molar-refractivity contribution is -0.144. The normalized spacial score (nSPS) is 20.6. The standard InChI is InChI=1S/C28H40N4O6/c1-4-6-11-30(12-7-5-2)25(33)18-31-17-21(20-15-23(36-3)27-24(16-20)37-19-38-27)26(28(34)35)22(31)9-14-32-13-8-10-29-32/h8,10,13,15-16,21-22,26H,4-7,9,11-12,14,17-19H2,1-3H3,(H,34,35)/t21-,22-,26+/m1/s1. The highest BCUT2D eigenvalue weighted by Crippen LogP contribution is 2.47. The number of unbranched alkanes of at least 4 members (excludes halogenated alkanes) is 2. The summed E-state index contributed by atoms with van der Waals surface area (Å²) >= 11 is 0. The first-order valence-electron chi connectivity index (χ1n) is 13.7. The second-order valence-electron chi connectivity index (χ2n) is 10.1. The molecule has 0 aliphatic carbocycles. The Morgan fingerprint density at radius 2 is 1.95 bits per heavy atom. The molecule has 2 aliphatic heterocycles. The van der Waals surface area contributed by atoms with Crippen molar-refractivity contribution >= 4 is 11.9 Å². The lowest BCUT2D eigenvalue weighted by Gasteiger charge is -2.29. The Morgan fingerprint density at radius 1 is 1.18 bits per heavy atom. The van der Waals surface area contributed by atoms with E-state index in [0.29, 0.717) is 36.8 Å². The number of likely N-dealkylation sites (tertiary alicyclic amines) is 1. The minimum atomic E-state index is -0.874. The van der Waals surface area contributed by atoms with Crippen molar-refractivity contribution in [2.24, 2.45) is 5.92 Å². The van der Waals surface area contributed by atoms with Gasteiger partial charge in [0.2, 0.25) is 18.4 Å². The molecule has 0 bridgehead atoms. The molecule has 3 atom stereocenters. The fraction of sp³-hybridized carbons (Fsp3) is 0.607. The third-order valence-electron chi connectivity index (χ3n) is 7.61. The van der Waals surface area contributed by atoms with E-state index in [0.717, 1.165) is 44.3 Å². The number of aliphatic carboxylic acids is 1. The third-order valence-corrected chi connectivity index (χ3v) is 7.61. The summed E-state index contributed by atoms with van der Waals surface area (Å²) in [6, 6.07) is 5.22. The van der Waals surface area contributed by atoms with Gasteiger partial charge >= 0.3 is 5.97 Å². The first-order valence-corrected chi connectivity index (χ1v) is 13.7. The molecule has 1 fully saturated rings. The van der Waals surface area contributed by atoms with E-state index in [1.165, 1.54) is 0 Å². The van der Waals surface area contributed by atoms with Crippen LogP contribution in [0.1, 0.15) is 57.4 Å². The first kappa shape index (κ1) is 27.8. The van der Waals surface area contributed by atoms with Gasteiger partial charge in [0.25, 0.3) is 0 Å². The first-order chi connectivity index (χ1) is 18.5. The van der Waals surface area contributed by atoms with Crippen LogP contribution in [0.3, 0.4) is 0 Å². The van der Waals surface area contributed by atoms with Crippen LogP contribution in [0.2, 0.25) is 0 Å². The van der Waals surface area contributed by atoms with Crippen molar-refractivity contribution in [2.75, 3.05) is 40.1 Å². The summed E-state index contributed by atoms with van der Waals surface area (Å²) in [6.07, 6.45) is 8.09. The molecule has 1 N–H and O–H groups in total. The molecule has 38 heavy (non-hydrogen) atoms. The van der Waals surface area contributed by atoms with Crippen LogP contribution in [0.5, 0.6) is 17.2 Å². The number of aromatic nitrogens is 2. The van der Waals surface area contributed by atoms with Gasteiger partial charge in [-0.05, 0) is 43.0 Å². The molecule has 1 amide bonds. The Morgan fingerprint density at radius 3 is 2.58 bits per heavy atom. The number of ether oxygens (including phenoxy) is 3. The lowest BCUT2D eigenvalue weighted by Crippen LogP contribution is -2.45. The van der Waals surface area contributed by atoms with Gasteiger partial charge in [-0.25, -0.2) is 0 Å². The highest BCUT2D eigenvalue weighted by atomic mass is 16.7. The van der Waals surface area contributed by atoms with Crippen molar-refractivity contribution in [1.29, 1.82) is 0 Å². The SMILES string of the molecule is CCCCN(CCCC)C(=O)CN1C[C@H](c2cc(OC)c3c(c2)OCO3)[C@H](C(=O)O)[C@H]1CCn1cccn1. The van der Waals surface area contributed by atoms with Crippen LogP contribution in [0.4, 0.5) is 0 Å². The number of carbonyl (C=O) groups is 2. The van der Waals surface area contributed by atoms with E-state index in [4.69, 9.17) is 14.2 Å². The zero-order valence-electron chi connectivity index (χ0n) is 22.7. The second-order valence-corrected chi connectivity index (χ2v) is 10.1. The maximum absolute atomic E-state index is 13.5. The van der Waals surface area contributed by atoms with Gasteiger partial charge in [0, 0.05) is 50.5 Å². The predicted molar refractivity (Wildman–Crippen MR) is 142 cm³/mol. The maximum Gasteiger partial charge on any atom is 0.308 e. The topological polar surface area (TPSA) is 106 Å². The number of rotatable bonds is 14. The smallest absolute Gasteiger partial charge is 0.308 e. The molecular formula is C28H40N4O6. The highest BCUT2D eigenvalue weighted by molar-refractivity contribution is 5.79. The van der Waals surface area contributed by atoms with E-state index < -0.39 is 11.9 Å². The molecule has 2 aromatic rings. The van der Waals surface area contributed by atoms with Gasteiger partial charge in [-0.15, -0.1) is 0 Å². The summed E-state index contributed by atoms with van der Waals surface area (Å²) in [4.78, 5) is 30.3. The zero-order valence-corrected chi connectivity index (χ0v) is 22.7. The fourth-order valence-electron chi connectivity index (χ4n) is 5.58. The van der Waals surface area contributed by atoms with Crippen LogP contribution in [-0.4, -0.2) is 82.7 Å². The molecule has 0 radical (unpaired) electrons. The van der Waals surface area contributed by atoms with E-state index in [1.54, 1.807) is 13.3 Å². The molecule has 10 heteroatoms. The van der Waals surface area contributed by atoms with Gasteiger partial charge in [-0.2, -0.15) is 5.10 Å². The summed E-state index contributed by atoms with van der Waals surface area (Å²) in [7, 11) is 1.56. The van der Waals surface area contributed by atoms with Crippen LogP contribution in [-0.2, 0) is 16.1 Å². The van der Waals surface area contributed by atoms with Gasteiger partial charge in [0.15, 0.2) is 11.5 Å². The minimum absolute atomic E-state index is 0.0593. The Bertz CT molecular complexity index is 1070. The van der Waals surface area contributed by atoms with Crippen molar-refractivity contribution in [3.63, 3.8) is 0 Å². The summed E-state index contributed by atoms with van der Waals surface area (Å²) in [5, 5.41) is 14.8. The van der Waals surface area contributed by atoms with Gasteiger partial charge in [0.05, 0.1) is 19.6 Å². The van der Waals surface area contributed by atoms with E-state index in [2.05, 4.69) is 23.8 Å². The summed E-state index contributed by atoms with van der Waals surface area (Å²) in [5.74, 6) is -0.256. The van der Waals surface area contributed by atoms with Crippen molar-refractivity contribution in [3.05, 3.63) is 36.2 Å².